The quantitative estimate of drug-likeness (QED) is 0.716. The Morgan fingerprint density at radius 3 is 2.44 bits per heavy atom. The topological polar surface area (TPSA) is 81.8 Å². The average molecular weight is 379 g/mol. The largest absolute Gasteiger partial charge is 0.353 e. The second-order valence-corrected chi connectivity index (χ2v) is 9.22. The van der Waals surface area contributed by atoms with Gasteiger partial charge in [-0.05, 0) is 71.4 Å². The van der Waals surface area contributed by atoms with Crippen LogP contribution in [-0.2, 0) is 9.59 Å². The third-order valence-corrected chi connectivity index (χ3v) is 6.61. The summed E-state index contributed by atoms with van der Waals surface area (Å²) in [6.45, 7) is 8.85. The van der Waals surface area contributed by atoms with Crippen LogP contribution in [0.1, 0.15) is 65.7 Å². The number of nitrogens with zero attached hydrogens (tertiary/aromatic N) is 2. The van der Waals surface area contributed by atoms with Gasteiger partial charge in [0.05, 0.1) is 0 Å². The highest BCUT2D eigenvalue weighted by Crippen LogP contribution is 2.36. The summed E-state index contributed by atoms with van der Waals surface area (Å²) in [5, 5.41) is 5.80. The minimum Gasteiger partial charge on any atom is -0.353 e. The number of hydrogen-bond acceptors (Lipinski definition) is 4. The van der Waals surface area contributed by atoms with Gasteiger partial charge in [-0.1, -0.05) is 13.3 Å². The summed E-state index contributed by atoms with van der Waals surface area (Å²) in [5.74, 6) is 0.0735. The maximum absolute atomic E-state index is 12.8. The van der Waals surface area contributed by atoms with Crippen LogP contribution in [0.5, 0.6) is 0 Å². The Hall–Kier alpha value is -1.63. The van der Waals surface area contributed by atoms with Gasteiger partial charge in [0.1, 0.15) is 12.1 Å². The molecule has 0 bridgehead atoms. The minimum absolute atomic E-state index is 0.131. The van der Waals surface area contributed by atoms with Crippen LogP contribution in [0.15, 0.2) is 0 Å². The molecule has 152 valence electrons. The maximum atomic E-state index is 12.8. The monoisotopic (exact) mass is 378 g/mol. The number of amides is 4. The zero-order chi connectivity index (χ0) is 19.7. The zero-order valence-corrected chi connectivity index (χ0v) is 17.0. The molecule has 0 aromatic heterocycles. The lowest BCUT2D eigenvalue weighted by molar-refractivity contribution is -0.136. The van der Waals surface area contributed by atoms with Crippen molar-refractivity contribution in [2.45, 2.75) is 76.8 Å². The van der Waals surface area contributed by atoms with Crippen molar-refractivity contribution < 1.29 is 14.4 Å². The van der Waals surface area contributed by atoms with Gasteiger partial charge in [-0.2, -0.15) is 0 Å². The Morgan fingerprint density at radius 1 is 1.19 bits per heavy atom. The highest BCUT2D eigenvalue weighted by atomic mass is 16.2. The minimum atomic E-state index is -0.781. The summed E-state index contributed by atoms with van der Waals surface area (Å²) in [4.78, 5) is 41.1. The first kappa shape index (κ1) is 20.1. The normalized spacial score (nSPS) is 29.9. The van der Waals surface area contributed by atoms with Crippen LogP contribution in [0, 0.1) is 5.92 Å². The molecule has 1 aliphatic carbocycles. The second kappa shape index (κ2) is 7.78. The molecule has 3 fully saturated rings. The summed E-state index contributed by atoms with van der Waals surface area (Å²) < 4.78 is 0. The van der Waals surface area contributed by atoms with Gasteiger partial charge in [0, 0.05) is 12.1 Å². The van der Waals surface area contributed by atoms with Crippen molar-refractivity contribution in [1.29, 1.82) is 0 Å². The summed E-state index contributed by atoms with van der Waals surface area (Å²) in [6, 6.07) is -0.431. The van der Waals surface area contributed by atoms with Crippen molar-refractivity contribution in [2.75, 3.05) is 26.2 Å². The van der Waals surface area contributed by atoms with Crippen LogP contribution < -0.4 is 10.6 Å². The molecule has 1 spiro atoms. The molecule has 7 nitrogen and oxygen atoms in total. The molecule has 7 heteroatoms. The van der Waals surface area contributed by atoms with Gasteiger partial charge in [0.2, 0.25) is 5.91 Å². The molecule has 2 saturated heterocycles. The summed E-state index contributed by atoms with van der Waals surface area (Å²) in [6.07, 6.45) is 6.84. The molecule has 27 heavy (non-hydrogen) atoms. The number of nitrogens with one attached hydrogen (secondary N) is 2. The van der Waals surface area contributed by atoms with Crippen LogP contribution in [0.25, 0.3) is 0 Å². The third-order valence-electron chi connectivity index (χ3n) is 6.61. The zero-order valence-electron chi connectivity index (χ0n) is 17.0. The SMILES string of the molecule is CC1CCC2(CC1)NC(=O)N(CC(=O)NCC(C)(C)N1CCCCC1)C2=O. The van der Waals surface area contributed by atoms with Gasteiger partial charge < -0.3 is 10.6 Å². The molecule has 4 amide bonds. The number of imide groups is 1. The summed E-state index contributed by atoms with van der Waals surface area (Å²) >= 11 is 0. The predicted octanol–water partition coefficient (Wildman–Crippen LogP) is 1.87. The van der Waals surface area contributed by atoms with E-state index in [0.29, 0.717) is 25.3 Å². The van der Waals surface area contributed by atoms with Crippen LogP contribution in [-0.4, -0.2) is 64.9 Å². The molecule has 3 aliphatic rings. The Balaban J connectivity index is 1.53. The lowest BCUT2D eigenvalue weighted by Crippen LogP contribution is -2.54. The number of likely N-dealkylation sites (tertiary alicyclic amines) is 1. The number of rotatable bonds is 5. The number of carbonyl (C=O) groups is 3. The van der Waals surface area contributed by atoms with Crippen LogP contribution in [0.4, 0.5) is 4.79 Å². The van der Waals surface area contributed by atoms with E-state index in [1.807, 2.05) is 0 Å². The van der Waals surface area contributed by atoms with Crippen LogP contribution in [0.2, 0.25) is 0 Å². The van der Waals surface area contributed by atoms with Gasteiger partial charge in [-0.3, -0.25) is 19.4 Å². The number of piperidine rings is 1. The Labute approximate surface area is 162 Å². The fourth-order valence-electron chi connectivity index (χ4n) is 4.54. The van der Waals surface area contributed by atoms with E-state index in [1.165, 1.54) is 19.3 Å². The van der Waals surface area contributed by atoms with Crippen molar-refractivity contribution in [3.8, 4) is 0 Å². The molecule has 0 unspecified atom stereocenters. The van der Waals surface area contributed by atoms with Crippen molar-refractivity contribution in [3.05, 3.63) is 0 Å². The maximum Gasteiger partial charge on any atom is 0.325 e. The fraction of sp³-hybridized carbons (Fsp3) is 0.850. The molecule has 2 N–H and O–H groups in total. The molecule has 0 aromatic rings. The molecule has 0 radical (unpaired) electrons. The predicted molar refractivity (Wildman–Crippen MR) is 103 cm³/mol. The molecule has 1 saturated carbocycles. The third kappa shape index (κ3) is 4.28. The molecule has 2 heterocycles. The van der Waals surface area contributed by atoms with Gasteiger partial charge in [-0.15, -0.1) is 0 Å². The van der Waals surface area contributed by atoms with Crippen molar-refractivity contribution in [1.82, 2.24) is 20.4 Å². The lowest BCUT2D eigenvalue weighted by Gasteiger charge is -2.41. The van der Waals surface area contributed by atoms with E-state index >= 15 is 0 Å². The van der Waals surface area contributed by atoms with E-state index < -0.39 is 11.6 Å². The number of hydrogen-bond donors (Lipinski definition) is 2. The molecule has 0 aromatic carbocycles. The van der Waals surface area contributed by atoms with Gasteiger partial charge in [0.25, 0.3) is 5.91 Å². The van der Waals surface area contributed by atoms with E-state index in [1.54, 1.807) is 0 Å². The van der Waals surface area contributed by atoms with Gasteiger partial charge in [-0.25, -0.2) is 4.79 Å². The average Bonchev–Trinajstić information content (AvgIpc) is 2.88. The highest BCUT2D eigenvalue weighted by molar-refractivity contribution is 6.09. The molecule has 2 aliphatic heterocycles. The first-order chi connectivity index (χ1) is 12.7. The van der Waals surface area contributed by atoms with E-state index in [4.69, 9.17) is 0 Å². The van der Waals surface area contributed by atoms with E-state index in [2.05, 4.69) is 36.3 Å². The van der Waals surface area contributed by atoms with E-state index in [9.17, 15) is 14.4 Å². The summed E-state index contributed by atoms with van der Waals surface area (Å²) in [7, 11) is 0. The fourth-order valence-corrected chi connectivity index (χ4v) is 4.54. The Morgan fingerprint density at radius 2 is 1.81 bits per heavy atom. The first-order valence-electron chi connectivity index (χ1n) is 10.4. The molecular formula is C20H34N4O3. The second-order valence-electron chi connectivity index (χ2n) is 9.22. The Kier molecular flexibility index (Phi) is 5.79. The molecule has 0 atom stereocenters. The van der Waals surface area contributed by atoms with E-state index in [0.717, 1.165) is 30.8 Å². The van der Waals surface area contributed by atoms with Crippen molar-refractivity contribution >= 4 is 17.8 Å². The molecule has 3 rings (SSSR count). The highest BCUT2D eigenvalue weighted by Gasteiger charge is 2.52. The van der Waals surface area contributed by atoms with Crippen LogP contribution in [0.3, 0.4) is 0 Å². The van der Waals surface area contributed by atoms with E-state index in [-0.39, 0.29) is 23.9 Å². The summed E-state index contributed by atoms with van der Waals surface area (Å²) in [5.41, 5.74) is -0.912. The Bertz CT molecular complexity index is 590. The standard InChI is InChI=1S/C20H34N4O3/c1-15-7-9-20(10-8-15)17(26)24(18(27)22-20)13-16(25)21-14-19(2,3)23-11-5-4-6-12-23/h15H,4-14H2,1-3H3,(H,21,25)(H,22,27). The first-order valence-corrected chi connectivity index (χ1v) is 10.4. The van der Waals surface area contributed by atoms with Crippen LogP contribution >= 0.6 is 0 Å². The molecular weight excluding hydrogens is 344 g/mol. The smallest absolute Gasteiger partial charge is 0.325 e. The van der Waals surface area contributed by atoms with Crippen molar-refractivity contribution in [3.63, 3.8) is 0 Å². The number of urea groups is 1. The number of carbonyl (C=O) groups excluding carboxylic acids is 3. The van der Waals surface area contributed by atoms with Gasteiger partial charge in [0.15, 0.2) is 0 Å². The lowest BCUT2D eigenvalue weighted by atomic mass is 9.77. The van der Waals surface area contributed by atoms with Gasteiger partial charge >= 0.3 is 6.03 Å². The van der Waals surface area contributed by atoms with Crippen molar-refractivity contribution in [2.24, 2.45) is 5.92 Å².